The van der Waals surface area contributed by atoms with Crippen LogP contribution in [0.1, 0.15) is 31.4 Å². The van der Waals surface area contributed by atoms with E-state index in [0.717, 1.165) is 22.5 Å². The Morgan fingerprint density at radius 2 is 2.05 bits per heavy atom. The van der Waals surface area contributed by atoms with Gasteiger partial charge in [-0.3, -0.25) is 4.79 Å². The summed E-state index contributed by atoms with van der Waals surface area (Å²) in [6.45, 7) is 3.87. The van der Waals surface area contributed by atoms with Crippen LogP contribution in [0.15, 0.2) is 23.6 Å². The largest absolute Gasteiger partial charge is 0.476 e. The van der Waals surface area contributed by atoms with Crippen LogP contribution >= 0.6 is 11.3 Å². The molecule has 0 radical (unpaired) electrons. The number of nitrogens with zero attached hydrogens (tertiary/aromatic N) is 1. The highest BCUT2D eigenvalue weighted by Crippen LogP contribution is 2.18. The molecule has 2 aromatic rings. The van der Waals surface area contributed by atoms with Gasteiger partial charge in [-0.25, -0.2) is 9.78 Å². The highest BCUT2D eigenvalue weighted by molar-refractivity contribution is 7.12. The number of carbonyl (C=O) groups excluding carboxylic acids is 1. The number of carboxylic acids is 1. The smallest absolute Gasteiger partial charge is 0.355 e. The number of amides is 1. The Morgan fingerprint density at radius 1 is 1.32 bits per heavy atom. The highest BCUT2D eigenvalue weighted by Gasteiger charge is 2.15. The van der Waals surface area contributed by atoms with Gasteiger partial charge in [0.05, 0.1) is 0 Å². The van der Waals surface area contributed by atoms with Crippen LogP contribution in [0.2, 0.25) is 0 Å². The van der Waals surface area contributed by atoms with Crippen LogP contribution in [-0.2, 0) is 0 Å². The van der Waals surface area contributed by atoms with Crippen molar-refractivity contribution in [1.29, 1.82) is 0 Å². The van der Waals surface area contributed by atoms with Gasteiger partial charge in [0, 0.05) is 11.1 Å². The molecule has 6 heteroatoms. The molecular formula is C13H12N2O3S. The summed E-state index contributed by atoms with van der Waals surface area (Å²) in [5.41, 5.74) is 2.64. The van der Waals surface area contributed by atoms with Gasteiger partial charge in [-0.2, -0.15) is 0 Å². The Bertz CT molecular complexity index is 649. The molecular weight excluding hydrogens is 264 g/mol. The van der Waals surface area contributed by atoms with E-state index in [2.05, 4.69) is 10.3 Å². The normalized spacial score (nSPS) is 10.2. The maximum absolute atomic E-state index is 11.9. The fraction of sp³-hybridized carbons (Fsp3) is 0.154. The van der Waals surface area contributed by atoms with E-state index >= 15 is 0 Å². The van der Waals surface area contributed by atoms with Gasteiger partial charge in [0.25, 0.3) is 5.91 Å². The number of nitrogens with one attached hydrogen (secondary N) is 1. The molecule has 98 valence electrons. The van der Waals surface area contributed by atoms with E-state index in [0.29, 0.717) is 5.69 Å². The predicted octanol–water partition coefficient (Wildman–Crippen LogP) is 2.71. The van der Waals surface area contributed by atoms with Crippen molar-refractivity contribution in [2.75, 3.05) is 5.32 Å². The van der Waals surface area contributed by atoms with Gasteiger partial charge in [-0.05, 0) is 25.5 Å². The molecule has 2 rings (SSSR count). The van der Waals surface area contributed by atoms with Crippen molar-refractivity contribution in [3.63, 3.8) is 0 Å². The summed E-state index contributed by atoms with van der Waals surface area (Å²) in [5.74, 6) is -1.54. The second-order valence-corrected chi connectivity index (χ2v) is 4.97. The monoisotopic (exact) mass is 276 g/mol. The van der Waals surface area contributed by atoms with E-state index in [4.69, 9.17) is 5.11 Å². The molecule has 19 heavy (non-hydrogen) atoms. The number of hydrogen-bond donors (Lipinski definition) is 2. The molecule has 2 N–H and O–H groups in total. The Balaban J connectivity index is 2.18. The van der Waals surface area contributed by atoms with E-state index in [1.165, 1.54) is 5.38 Å². The minimum Gasteiger partial charge on any atom is -0.476 e. The molecule has 0 aliphatic rings. The molecule has 0 aliphatic carbocycles. The SMILES string of the molecule is Cc1ccc(NC(=O)c2nc(C(=O)O)cs2)c(C)c1. The molecule has 1 heterocycles. The zero-order valence-electron chi connectivity index (χ0n) is 10.4. The molecule has 1 aromatic carbocycles. The average molecular weight is 276 g/mol. The van der Waals surface area contributed by atoms with Gasteiger partial charge >= 0.3 is 5.97 Å². The van der Waals surface area contributed by atoms with Crippen molar-refractivity contribution in [3.8, 4) is 0 Å². The summed E-state index contributed by atoms with van der Waals surface area (Å²) in [6.07, 6.45) is 0. The first-order valence-electron chi connectivity index (χ1n) is 5.55. The minimum atomic E-state index is -1.14. The highest BCUT2D eigenvalue weighted by atomic mass is 32.1. The summed E-state index contributed by atoms with van der Waals surface area (Å²) in [7, 11) is 0. The fourth-order valence-corrected chi connectivity index (χ4v) is 2.29. The van der Waals surface area contributed by atoms with Gasteiger partial charge in [-0.1, -0.05) is 17.7 Å². The third-order valence-electron chi connectivity index (χ3n) is 2.55. The van der Waals surface area contributed by atoms with Gasteiger partial charge in [0.2, 0.25) is 0 Å². The first-order valence-corrected chi connectivity index (χ1v) is 6.43. The number of carbonyl (C=O) groups is 2. The summed E-state index contributed by atoms with van der Waals surface area (Å²) in [4.78, 5) is 26.4. The third kappa shape index (κ3) is 2.97. The zero-order chi connectivity index (χ0) is 14.0. The molecule has 0 spiro atoms. The molecule has 0 aliphatic heterocycles. The molecule has 5 nitrogen and oxygen atoms in total. The van der Waals surface area contributed by atoms with E-state index < -0.39 is 11.9 Å². The molecule has 0 saturated heterocycles. The summed E-state index contributed by atoms with van der Waals surface area (Å²) in [5, 5.41) is 13.0. The Labute approximate surface area is 113 Å². The maximum Gasteiger partial charge on any atom is 0.355 e. The van der Waals surface area contributed by atoms with Crippen LogP contribution in [0.5, 0.6) is 0 Å². The first-order chi connectivity index (χ1) is 8.97. The molecule has 0 fully saturated rings. The second kappa shape index (κ2) is 5.19. The molecule has 0 saturated carbocycles. The predicted molar refractivity (Wildman–Crippen MR) is 72.9 cm³/mol. The van der Waals surface area contributed by atoms with Crippen molar-refractivity contribution >= 4 is 28.9 Å². The van der Waals surface area contributed by atoms with Crippen LogP contribution in [0.3, 0.4) is 0 Å². The summed E-state index contributed by atoms with van der Waals surface area (Å²) < 4.78 is 0. The molecule has 0 bridgehead atoms. The van der Waals surface area contributed by atoms with E-state index in [1.54, 1.807) is 0 Å². The molecule has 1 amide bonds. The lowest BCUT2D eigenvalue weighted by Gasteiger charge is -2.07. The Hall–Kier alpha value is -2.21. The van der Waals surface area contributed by atoms with E-state index in [-0.39, 0.29) is 10.7 Å². The van der Waals surface area contributed by atoms with E-state index in [1.807, 2.05) is 32.0 Å². The van der Waals surface area contributed by atoms with E-state index in [9.17, 15) is 9.59 Å². The number of carboxylic acid groups (broad SMARTS) is 1. The molecule has 0 unspecified atom stereocenters. The number of rotatable bonds is 3. The lowest BCUT2D eigenvalue weighted by atomic mass is 10.1. The third-order valence-corrected chi connectivity index (χ3v) is 3.39. The van der Waals surface area contributed by atoms with Gasteiger partial charge in [0.1, 0.15) is 0 Å². The van der Waals surface area contributed by atoms with Gasteiger partial charge in [-0.15, -0.1) is 11.3 Å². The van der Waals surface area contributed by atoms with Crippen LogP contribution in [-0.4, -0.2) is 22.0 Å². The fourth-order valence-electron chi connectivity index (χ4n) is 1.61. The van der Waals surface area contributed by atoms with Crippen LogP contribution in [0.25, 0.3) is 0 Å². The number of anilines is 1. The van der Waals surface area contributed by atoms with Crippen LogP contribution in [0, 0.1) is 13.8 Å². The number of aryl methyl sites for hydroxylation is 2. The maximum atomic E-state index is 11.9. The number of benzene rings is 1. The summed E-state index contributed by atoms with van der Waals surface area (Å²) >= 11 is 1.01. The topological polar surface area (TPSA) is 79.3 Å². The number of aromatic carboxylic acids is 1. The Morgan fingerprint density at radius 3 is 2.63 bits per heavy atom. The minimum absolute atomic E-state index is 0.115. The van der Waals surface area contributed by atoms with Crippen molar-refractivity contribution in [3.05, 3.63) is 45.4 Å². The average Bonchev–Trinajstić information content (AvgIpc) is 2.82. The van der Waals surface area contributed by atoms with Gasteiger partial charge in [0.15, 0.2) is 10.7 Å². The van der Waals surface area contributed by atoms with Crippen LogP contribution in [0.4, 0.5) is 5.69 Å². The van der Waals surface area contributed by atoms with Gasteiger partial charge < -0.3 is 10.4 Å². The summed E-state index contributed by atoms with van der Waals surface area (Å²) in [6, 6.07) is 5.67. The van der Waals surface area contributed by atoms with Crippen LogP contribution < -0.4 is 5.32 Å². The lowest BCUT2D eigenvalue weighted by molar-refractivity contribution is 0.0691. The van der Waals surface area contributed by atoms with Crippen molar-refractivity contribution in [1.82, 2.24) is 4.98 Å². The zero-order valence-corrected chi connectivity index (χ0v) is 11.2. The van der Waals surface area contributed by atoms with Crippen molar-refractivity contribution < 1.29 is 14.7 Å². The Kier molecular flexibility index (Phi) is 3.62. The molecule has 0 atom stereocenters. The number of aromatic nitrogens is 1. The lowest BCUT2D eigenvalue weighted by Crippen LogP contribution is -2.13. The number of hydrogen-bond acceptors (Lipinski definition) is 4. The standard InChI is InChI=1S/C13H12N2O3S/c1-7-3-4-9(8(2)5-7)14-11(16)12-15-10(6-19-12)13(17)18/h3-6H,1-2H3,(H,14,16)(H,17,18). The molecule has 1 aromatic heterocycles. The number of thiazole rings is 1. The van der Waals surface area contributed by atoms with Crippen molar-refractivity contribution in [2.45, 2.75) is 13.8 Å². The van der Waals surface area contributed by atoms with Crippen molar-refractivity contribution in [2.24, 2.45) is 0 Å². The second-order valence-electron chi connectivity index (χ2n) is 4.12. The first kappa shape index (κ1) is 13.2. The quantitative estimate of drug-likeness (QED) is 0.903.